The molecular weight excluding hydrogens is 398 g/mol. The summed E-state index contributed by atoms with van der Waals surface area (Å²) in [6, 6.07) is 13.3. The number of nitrogens with one attached hydrogen (secondary N) is 1. The van der Waals surface area contributed by atoms with Gasteiger partial charge >= 0.3 is 0 Å². The Bertz CT molecular complexity index is 644. The number of halogens is 2. The van der Waals surface area contributed by atoms with Crippen LogP contribution >= 0.6 is 31.9 Å². The number of carbonyl (C=O) groups is 1. The predicted molar refractivity (Wildman–Crippen MR) is 91.8 cm³/mol. The molecule has 5 heteroatoms. The highest BCUT2D eigenvalue weighted by molar-refractivity contribution is 9.11. The number of hydrogen-bond acceptors (Lipinski definition) is 2. The van der Waals surface area contributed by atoms with Gasteiger partial charge in [0.2, 0.25) is 0 Å². The fraction of sp³-hybridized carbons (Fsp3) is 0.188. The Hall–Kier alpha value is -1.33. The van der Waals surface area contributed by atoms with Gasteiger partial charge in [-0.1, -0.05) is 25.1 Å². The largest absolute Gasteiger partial charge is 0.483 e. The molecule has 0 aliphatic carbocycles. The Morgan fingerprint density at radius 2 is 1.90 bits per heavy atom. The van der Waals surface area contributed by atoms with Gasteiger partial charge in [0.05, 0.1) is 10.2 Å². The molecule has 0 saturated carbocycles. The second-order valence-corrected chi connectivity index (χ2v) is 6.14. The Kier molecular flexibility index (Phi) is 5.82. The van der Waals surface area contributed by atoms with E-state index in [4.69, 9.17) is 4.74 Å². The van der Waals surface area contributed by atoms with Crippen molar-refractivity contribution in [2.24, 2.45) is 0 Å². The maximum atomic E-state index is 11.9. The summed E-state index contributed by atoms with van der Waals surface area (Å²) in [5.41, 5.74) is 1.96. The smallest absolute Gasteiger partial charge is 0.262 e. The molecule has 2 aromatic carbocycles. The summed E-state index contributed by atoms with van der Waals surface area (Å²) in [6.45, 7) is 2.05. The number of ether oxygens (including phenoxy) is 1. The number of rotatable bonds is 5. The van der Waals surface area contributed by atoms with Gasteiger partial charge in [-0.25, -0.2) is 0 Å². The van der Waals surface area contributed by atoms with Gasteiger partial charge in [0.25, 0.3) is 5.91 Å². The van der Waals surface area contributed by atoms with E-state index >= 15 is 0 Å². The van der Waals surface area contributed by atoms with Crippen molar-refractivity contribution in [1.82, 2.24) is 0 Å². The van der Waals surface area contributed by atoms with Gasteiger partial charge < -0.3 is 10.1 Å². The molecule has 21 heavy (non-hydrogen) atoms. The van der Waals surface area contributed by atoms with Crippen molar-refractivity contribution in [3.63, 3.8) is 0 Å². The quantitative estimate of drug-likeness (QED) is 0.766. The topological polar surface area (TPSA) is 38.3 Å². The van der Waals surface area contributed by atoms with Crippen LogP contribution < -0.4 is 10.1 Å². The molecule has 0 aliphatic heterocycles. The molecule has 1 N–H and O–H groups in total. The molecule has 2 aromatic rings. The Balaban J connectivity index is 1.95. The van der Waals surface area contributed by atoms with Gasteiger partial charge in [0.1, 0.15) is 5.75 Å². The minimum atomic E-state index is -0.198. The lowest BCUT2D eigenvalue weighted by molar-refractivity contribution is -0.118. The van der Waals surface area contributed by atoms with E-state index in [1.807, 2.05) is 42.5 Å². The van der Waals surface area contributed by atoms with E-state index in [-0.39, 0.29) is 12.5 Å². The van der Waals surface area contributed by atoms with Gasteiger partial charge in [-0.2, -0.15) is 0 Å². The van der Waals surface area contributed by atoms with Gasteiger partial charge in [0, 0.05) is 4.47 Å². The van der Waals surface area contributed by atoms with E-state index in [2.05, 4.69) is 44.1 Å². The second-order valence-electron chi connectivity index (χ2n) is 4.44. The molecule has 0 bridgehead atoms. The molecule has 110 valence electrons. The molecule has 3 nitrogen and oxygen atoms in total. The van der Waals surface area contributed by atoms with Crippen LogP contribution in [-0.2, 0) is 11.2 Å². The number of carbonyl (C=O) groups excluding carboxylic acids is 1. The van der Waals surface area contributed by atoms with Crippen molar-refractivity contribution in [2.75, 3.05) is 11.9 Å². The van der Waals surface area contributed by atoms with E-state index in [0.29, 0.717) is 5.75 Å². The van der Waals surface area contributed by atoms with Crippen molar-refractivity contribution in [3.8, 4) is 5.75 Å². The van der Waals surface area contributed by atoms with Crippen LogP contribution in [0.4, 0.5) is 5.69 Å². The molecule has 0 aliphatic rings. The third kappa shape index (κ3) is 4.58. The Morgan fingerprint density at radius 1 is 1.14 bits per heavy atom. The van der Waals surface area contributed by atoms with E-state index < -0.39 is 0 Å². The van der Waals surface area contributed by atoms with Crippen LogP contribution in [0.5, 0.6) is 5.75 Å². The zero-order chi connectivity index (χ0) is 15.2. The van der Waals surface area contributed by atoms with Crippen molar-refractivity contribution >= 4 is 43.5 Å². The average molecular weight is 413 g/mol. The second kappa shape index (κ2) is 7.61. The summed E-state index contributed by atoms with van der Waals surface area (Å²) < 4.78 is 7.18. The van der Waals surface area contributed by atoms with Crippen LogP contribution in [0.1, 0.15) is 12.5 Å². The van der Waals surface area contributed by atoms with Crippen LogP contribution in [0.2, 0.25) is 0 Å². The first kappa shape index (κ1) is 16.0. The first-order chi connectivity index (χ1) is 10.1. The third-order valence-corrected chi connectivity index (χ3v) is 4.22. The van der Waals surface area contributed by atoms with E-state index in [1.54, 1.807) is 0 Å². The first-order valence-electron chi connectivity index (χ1n) is 6.55. The Labute approximate surface area is 141 Å². The number of aryl methyl sites for hydroxylation is 1. The minimum Gasteiger partial charge on any atom is -0.483 e. The van der Waals surface area contributed by atoms with Gasteiger partial charge in [0.15, 0.2) is 6.61 Å². The molecule has 0 spiro atoms. The summed E-state index contributed by atoms with van der Waals surface area (Å²) in [5, 5.41) is 2.83. The predicted octanol–water partition coefficient (Wildman–Crippen LogP) is 4.79. The molecular formula is C16H15Br2NO2. The molecule has 0 unspecified atom stereocenters. The summed E-state index contributed by atoms with van der Waals surface area (Å²) in [5.74, 6) is 0.448. The maximum absolute atomic E-state index is 11.9. The highest BCUT2D eigenvalue weighted by atomic mass is 79.9. The van der Waals surface area contributed by atoms with E-state index in [9.17, 15) is 4.79 Å². The molecule has 0 fully saturated rings. The summed E-state index contributed by atoms with van der Waals surface area (Å²) in [4.78, 5) is 11.9. The third-order valence-electron chi connectivity index (χ3n) is 2.91. The van der Waals surface area contributed by atoms with Crippen LogP contribution in [0.25, 0.3) is 0 Å². The number of anilines is 1. The normalized spacial score (nSPS) is 10.2. The summed E-state index contributed by atoms with van der Waals surface area (Å²) in [7, 11) is 0. The van der Waals surface area contributed by atoms with Crippen molar-refractivity contribution in [1.29, 1.82) is 0 Å². The van der Waals surface area contributed by atoms with Crippen LogP contribution in [0.15, 0.2) is 51.4 Å². The fourth-order valence-electron chi connectivity index (χ4n) is 1.77. The van der Waals surface area contributed by atoms with Gasteiger partial charge in [-0.3, -0.25) is 4.79 Å². The zero-order valence-electron chi connectivity index (χ0n) is 11.5. The van der Waals surface area contributed by atoms with Crippen molar-refractivity contribution in [3.05, 3.63) is 57.0 Å². The first-order valence-corrected chi connectivity index (χ1v) is 8.14. The lowest BCUT2D eigenvalue weighted by atomic mass is 10.1. The molecule has 0 atom stereocenters. The van der Waals surface area contributed by atoms with Crippen molar-refractivity contribution < 1.29 is 9.53 Å². The molecule has 2 rings (SSSR count). The van der Waals surface area contributed by atoms with Gasteiger partial charge in [-0.05, 0) is 68.1 Å². The highest BCUT2D eigenvalue weighted by Gasteiger charge is 2.08. The SMILES string of the molecule is CCc1ccc(NC(=O)COc2ccccc2Br)c(Br)c1. The summed E-state index contributed by atoms with van der Waals surface area (Å²) >= 11 is 6.84. The van der Waals surface area contributed by atoms with E-state index in [1.165, 1.54) is 5.56 Å². The van der Waals surface area contributed by atoms with Crippen LogP contribution in [0, 0.1) is 0 Å². The summed E-state index contributed by atoms with van der Waals surface area (Å²) in [6.07, 6.45) is 0.956. The average Bonchev–Trinajstić information content (AvgIpc) is 2.48. The maximum Gasteiger partial charge on any atom is 0.262 e. The molecule has 0 heterocycles. The number of amides is 1. The van der Waals surface area contributed by atoms with E-state index in [0.717, 1.165) is 21.1 Å². The number of hydrogen-bond donors (Lipinski definition) is 1. The highest BCUT2D eigenvalue weighted by Crippen LogP contribution is 2.25. The zero-order valence-corrected chi connectivity index (χ0v) is 14.7. The van der Waals surface area contributed by atoms with Crippen molar-refractivity contribution in [2.45, 2.75) is 13.3 Å². The molecule has 0 aromatic heterocycles. The fourth-order valence-corrected chi connectivity index (χ4v) is 2.70. The molecule has 0 saturated heterocycles. The monoisotopic (exact) mass is 411 g/mol. The molecule has 1 amide bonds. The Morgan fingerprint density at radius 3 is 2.57 bits per heavy atom. The number of para-hydroxylation sites is 1. The van der Waals surface area contributed by atoms with Crippen LogP contribution in [-0.4, -0.2) is 12.5 Å². The minimum absolute atomic E-state index is 0.0371. The number of benzene rings is 2. The standard InChI is InChI=1S/C16H15Br2NO2/c1-2-11-7-8-14(13(18)9-11)19-16(20)10-21-15-6-4-3-5-12(15)17/h3-9H,2,10H2,1H3,(H,19,20). The molecule has 0 radical (unpaired) electrons. The van der Waals surface area contributed by atoms with Gasteiger partial charge in [-0.15, -0.1) is 0 Å². The lowest BCUT2D eigenvalue weighted by Crippen LogP contribution is -2.20. The van der Waals surface area contributed by atoms with Crippen LogP contribution in [0.3, 0.4) is 0 Å². The lowest BCUT2D eigenvalue weighted by Gasteiger charge is -2.10.